The summed E-state index contributed by atoms with van der Waals surface area (Å²) in [5.74, 6) is -0.204. The van der Waals surface area contributed by atoms with Gasteiger partial charge in [-0.1, -0.05) is 35.3 Å². The molecule has 14 heteroatoms. The number of hydrogen-bond acceptors (Lipinski definition) is 7. The molecule has 0 saturated carbocycles. The summed E-state index contributed by atoms with van der Waals surface area (Å²) in [5.41, 5.74) is 4.69. The lowest BCUT2D eigenvalue weighted by Gasteiger charge is -2.21. The summed E-state index contributed by atoms with van der Waals surface area (Å²) in [6.07, 6.45) is 8.44. The molecule has 6 aromatic rings. The number of fused-ring (bicyclic) bond motifs is 1. The van der Waals surface area contributed by atoms with E-state index in [1.165, 1.54) is 4.90 Å². The van der Waals surface area contributed by atoms with Crippen LogP contribution in [0.4, 0.5) is 21.9 Å². The van der Waals surface area contributed by atoms with Gasteiger partial charge in [0.1, 0.15) is 17.9 Å². The van der Waals surface area contributed by atoms with Gasteiger partial charge < -0.3 is 30.2 Å². The summed E-state index contributed by atoms with van der Waals surface area (Å²) in [6, 6.07) is 20.0. The van der Waals surface area contributed by atoms with Gasteiger partial charge in [-0.3, -0.25) is 14.6 Å². The number of amides is 4. The second-order valence-corrected chi connectivity index (χ2v) is 11.9. The highest BCUT2D eigenvalue weighted by atomic mass is 35.5. The minimum Gasteiger partial charge on any atom is -0.487 e. The third-order valence-electron chi connectivity index (χ3n) is 7.71. The zero-order chi connectivity index (χ0) is 35.2. The molecular formula is C36H30Cl2N8O4. The van der Waals surface area contributed by atoms with Gasteiger partial charge in [0.05, 0.1) is 29.3 Å². The fraction of sp³-hybridized carbons (Fsp3) is 0.111. The number of halogens is 2. The summed E-state index contributed by atoms with van der Waals surface area (Å²) in [6.45, 7) is 1.59. The molecule has 0 aliphatic heterocycles. The largest absolute Gasteiger partial charge is 0.487 e. The molecule has 0 spiro atoms. The molecular weight excluding hydrogens is 679 g/mol. The Bertz CT molecular complexity index is 2180. The molecule has 12 nitrogen and oxygen atoms in total. The van der Waals surface area contributed by atoms with E-state index in [2.05, 4.69) is 25.9 Å². The summed E-state index contributed by atoms with van der Waals surface area (Å²) in [4.78, 5) is 52.3. The molecule has 0 saturated heterocycles. The average Bonchev–Trinajstić information content (AvgIpc) is 3.66. The molecule has 50 heavy (non-hydrogen) atoms. The third kappa shape index (κ3) is 7.67. The lowest BCUT2D eigenvalue weighted by atomic mass is 10.1. The van der Waals surface area contributed by atoms with Crippen molar-refractivity contribution >= 4 is 69.0 Å². The van der Waals surface area contributed by atoms with Gasteiger partial charge in [-0.15, -0.1) is 0 Å². The maximum Gasteiger partial charge on any atom is 0.319 e. The maximum absolute atomic E-state index is 13.1. The number of rotatable bonds is 10. The van der Waals surface area contributed by atoms with Crippen LogP contribution in [0.2, 0.25) is 10.0 Å². The maximum atomic E-state index is 13.1. The lowest BCUT2D eigenvalue weighted by Crippen LogP contribution is -2.40. The first-order valence-electron chi connectivity index (χ1n) is 15.3. The Labute approximate surface area is 297 Å². The number of hydrogen-bond donors (Lipinski definition) is 3. The van der Waals surface area contributed by atoms with Gasteiger partial charge in [-0.05, 0) is 67.6 Å². The molecule has 3 N–H and O–H groups in total. The predicted octanol–water partition coefficient (Wildman–Crippen LogP) is 7.05. The first-order valence-corrected chi connectivity index (χ1v) is 16.0. The lowest BCUT2D eigenvalue weighted by molar-refractivity contribution is -0.117. The highest BCUT2D eigenvalue weighted by Crippen LogP contribution is 2.36. The smallest absolute Gasteiger partial charge is 0.319 e. The Morgan fingerprint density at radius 1 is 0.900 bits per heavy atom. The SMILES string of the molecule is Cc1cc(-n2ccnc2)c2cccc(OCc3c(Cl)ccc(N(C)C(=O)CNC(=O)Nc4ccc(C(=O)Nc5ccncc5)cc4)c3Cl)c2n1. The molecule has 0 aliphatic rings. The number of nitrogens with zero attached hydrogens (tertiary/aromatic N) is 5. The van der Waals surface area contributed by atoms with Crippen molar-refractivity contribution in [3.8, 4) is 11.4 Å². The van der Waals surface area contributed by atoms with Crippen LogP contribution >= 0.6 is 23.2 Å². The number of imidazole rings is 1. The van der Waals surface area contributed by atoms with Crippen molar-refractivity contribution in [1.29, 1.82) is 0 Å². The van der Waals surface area contributed by atoms with Crippen molar-refractivity contribution in [1.82, 2.24) is 24.8 Å². The van der Waals surface area contributed by atoms with Crippen LogP contribution in [-0.4, -0.2) is 51.0 Å². The van der Waals surface area contributed by atoms with Crippen LogP contribution in [0.5, 0.6) is 5.75 Å². The molecule has 6 rings (SSSR count). The Morgan fingerprint density at radius 2 is 1.66 bits per heavy atom. The van der Waals surface area contributed by atoms with Crippen molar-refractivity contribution < 1.29 is 19.1 Å². The normalized spacial score (nSPS) is 10.8. The fourth-order valence-electron chi connectivity index (χ4n) is 5.11. The first-order chi connectivity index (χ1) is 24.2. The quantitative estimate of drug-likeness (QED) is 0.138. The van der Waals surface area contributed by atoms with Crippen LogP contribution in [0, 0.1) is 6.92 Å². The number of pyridine rings is 2. The molecule has 0 fully saturated rings. The van der Waals surface area contributed by atoms with Crippen LogP contribution in [-0.2, 0) is 11.4 Å². The van der Waals surface area contributed by atoms with E-state index in [1.807, 2.05) is 42.0 Å². The summed E-state index contributed by atoms with van der Waals surface area (Å²) in [7, 11) is 1.55. The van der Waals surface area contributed by atoms with Gasteiger partial charge in [0.15, 0.2) is 0 Å². The molecule has 0 radical (unpaired) electrons. The molecule has 3 aromatic carbocycles. The van der Waals surface area contributed by atoms with E-state index in [0.717, 1.165) is 16.8 Å². The zero-order valence-corrected chi connectivity index (χ0v) is 28.4. The van der Waals surface area contributed by atoms with Gasteiger partial charge in [0.2, 0.25) is 5.91 Å². The molecule has 4 amide bonds. The van der Waals surface area contributed by atoms with E-state index >= 15 is 0 Å². The number of urea groups is 1. The Balaban J connectivity index is 1.07. The molecule has 0 unspecified atom stereocenters. The van der Waals surface area contributed by atoms with Gasteiger partial charge in [0, 0.05) is 70.4 Å². The van der Waals surface area contributed by atoms with E-state index in [9.17, 15) is 14.4 Å². The second kappa shape index (κ2) is 15.1. The number of likely N-dealkylation sites (N-methyl/N-ethyl adjacent to an activating group) is 1. The minimum atomic E-state index is -0.604. The van der Waals surface area contributed by atoms with Crippen LogP contribution in [0.25, 0.3) is 16.6 Å². The van der Waals surface area contributed by atoms with Crippen LogP contribution in [0.15, 0.2) is 104 Å². The second-order valence-electron chi connectivity index (χ2n) is 11.1. The minimum absolute atomic E-state index is 0.00746. The fourth-order valence-corrected chi connectivity index (χ4v) is 5.72. The number of aromatic nitrogens is 4. The van der Waals surface area contributed by atoms with Gasteiger partial charge in [-0.25, -0.2) is 14.8 Å². The van der Waals surface area contributed by atoms with Gasteiger partial charge >= 0.3 is 6.03 Å². The van der Waals surface area contributed by atoms with Gasteiger partial charge in [-0.2, -0.15) is 0 Å². The number of carbonyl (C=O) groups is 3. The van der Waals surface area contributed by atoms with E-state index in [-0.39, 0.29) is 24.1 Å². The zero-order valence-electron chi connectivity index (χ0n) is 26.9. The number of anilines is 3. The predicted molar refractivity (Wildman–Crippen MR) is 193 cm³/mol. The number of nitrogens with one attached hydrogen (secondary N) is 3. The monoisotopic (exact) mass is 708 g/mol. The van der Waals surface area contributed by atoms with Crippen LogP contribution in [0.3, 0.4) is 0 Å². The van der Waals surface area contributed by atoms with Crippen molar-refractivity contribution in [2.24, 2.45) is 0 Å². The average molecular weight is 710 g/mol. The summed E-state index contributed by atoms with van der Waals surface area (Å²) >= 11 is 13.3. The van der Waals surface area contributed by atoms with Gasteiger partial charge in [0.25, 0.3) is 5.91 Å². The number of benzene rings is 3. The van der Waals surface area contributed by atoms with Crippen LogP contribution < -0.4 is 25.6 Å². The van der Waals surface area contributed by atoms with Crippen molar-refractivity contribution in [3.63, 3.8) is 0 Å². The number of carbonyl (C=O) groups excluding carboxylic acids is 3. The van der Waals surface area contributed by atoms with Crippen molar-refractivity contribution in [2.75, 3.05) is 29.1 Å². The first kappa shape index (κ1) is 33.9. The van der Waals surface area contributed by atoms with E-state index in [4.69, 9.17) is 32.9 Å². The molecule has 0 atom stereocenters. The Kier molecular flexibility index (Phi) is 10.2. The number of aryl methyl sites for hydroxylation is 1. The number of para-hydroxylation sites is 1. The van der Waals surface area contributed by atoms with E-state index in [0.29, 0.717) is 44.5 Å². The van der Waals surface area contributed by atoms with Crippen molar-refractivity contribution in [2.45, 2.75) is 13.5 Å². The highest BCUT2D eigenvalue weighted by Gasteiger charge is 2.20. The molecule has 0 bridgehead atoms. The molecule has 252 valence electrons. The molecule has 3 heterocycles. The molecule has 0 aliphatic carbocycles. The molecule has 3 aromatic heterocycles. The Hall–Kier alpha value is -5.98. The van der Waals surface area contributed by atoms with Crippen LogP contribution in [0.1, 0.15) is 21.6 Å². The van der Waals surface area contributed by atoms with E-state index in [1.54, 1.807) is 80.5 Å². The summed E-state index contributed by atoms with van der Waals surface area (Å²) in [5, 5.41) is 9.43. The standard InChI is InChI=1S/C36H30Cl2N8O4/c1-22-18-30(46-17-16-40-21-46)26-4-3-5-31(34(26)42-22)50-20-27-28(37)10-11-29(33(27)38)45(2)32(47)19-41-36(49)44-24-8-6-23(7-9-24)35(48)43-25-12-14-39-15-13-25/h3-18,21H,19-20H2,1-2H3,(H,39,43,48)(H2,41,44,49). The highest BCUT2D eigenvalue weighted by molar-refractivity contribution is 6.38. The Morgan fingerprint density at radius 3 is 2.40 bits per heavy atom. The van der Waals surface area contributed by atoms with E-state index < -0.39 is 11.9 Å². The summed E-state index contributed by atoms with van der Waals surface area (Å²) < 4.78 is 8.13. The van der Waals surface area contributed by atoms with Crippen molar-refractivity contribution in [3.05, 3.63) is 131 Å². The third-order valence-corrected chi connectivity index (χ3v) is 8.48. The number of ether oxygens (including phenoxy) is 1. The topological polar surface area (TPSA) is 143 Å².